The van der Waals surface area contributed by atoms with E-state index in [0.717, 1.165) is 5.56 Å². The largest absolute Gasteiger partial charge is 0.375 e. The molecule has 0 fully saturated rings. The van der Waals surface area contributed by atoms with Crippen LogP contribution in [-0.4, -0.2) is 32.7 Å². The maximum Gasteiger partial charge on any atom is 0.352 e. The molecule has 1 N–H and O–H groups in total. The van der Waals surface area contributed by atoms with Crippen molar-refractivity contribution >= 4 is 17.5 Å². The number of nitrogens with zero attached hydrogens (tertiary/aromatic N) is 4. The lowest BCUT2D eigenvalue weighted by Gasteiger charge is -2.08. The molecule has 3 rings (SSSR count). The first-order valence-corrected chi connectivity index (χ1v) is 8.48. The molecule has 0 saturated heterocycles. The molecule has 0 aliphatic rings. The van der Waals surface area contributed by atoms with Gasteiger partial charge in [0.05, 0.1) is 30.5 Å². The van der Waals surface area contributed by atoms with Gasteiger partial charge in [0.2, 0.25) is 5.95 Å². The minimum atomic E-state index is -0.422. The molecule has 0 saturated carbocycles. The summed E-state index contributed by atoms with van der Waals surface area (Å²) in [5, 5.41) is 3.47. The minimum absolute atomic E-state index is 0.221. The van der Waals surface area contributed by atoms with Gasteiger partial charge in [0.15, 0.2) is 0 Å². The third kappa shape index (κ3) is 5.11. The van der Waals surface area contributed by atoms with Gasteiger partial charge >= 0.3 is 5.69 Å². The fourth-order valence-corrected chi connectivity index (χ4v) is 2.43. The van der Waals surface area contributed by atoms with E-state index < -0.39 is 5.69 Å². The van der Waals surface area contributed by atoms with Crippen molar-refractivity contribution < 1.29 is 4.74 Å². The van der Waals surface area contributed by atoms with Gasteiger partial charge in [-0.25, -0.2) is 9.78 Å². The number of hydrogen-bond acceptors (Lipinski definition) is 6. The highest BCUT2D eigenvalue weighted by molar-refractivity contribution is 6.31. The molecule has 1 aromatic carbocycles. The third-order valence-corrected chi connectivity index (χ3v) is 3.91. The van der Waals surface area contributed by atoms with Gasteiger partial charge in [-0.05, 0) is 17.7 Å². The Kier molecular flexibility index (Phi) is 6.29. The second kappa shape index (κ2) is 9.07. The maximum absolute atomic E-state index is 12.1. The lowest BCUT2D eigenvalue weighted by Crippen LogP contribution is -2.26. The topological polar surface area (TPSA) is 81.9 Å². The van der Waals surface area contributed by atoms with Crippen LogP contribution in [0.25, 0.3) is 0 Å². The van der Waals surface area contributed by atoms with Crippen molar-refractivity contribution in [3.05, 3.63) is 81.8 Å². The molecule has 2 heterocycles. The van der Waals surface area contributed by atoms with E-state index in [0.29, 0.717) is 30.5 Å². The normalized spacial score (nSPS) is 10.7. The fraction of sp³-hybridized carbons (Fsp3) is 0.222. The van der Waals surface area contributed by atoms with Crippen LogP contribution in [0.15, 0.2) is 59.8 Å². The molecular weight excluding hydrogens is 354 g/mol. The molecule has 0 atom stereocenters. The summed E-state index contributed by atoms with van der Waals surface area (Å²) in [7, 11) is 0. The first-order chi connectivity index (χ1) is 12.7. The number of halogens is 1. The first-order valence-electron chi connectivity index (χ1n) is 8.11. The van der Waals surface area contributed by atoms with Crippen LogP contribution in [-0.2, 0) is 17.9 Å². The van der Waals surface area contributed by atoms with Crippen molar-refractivity contribution in [3.8, 4) is 0 Å². The molecule has 0 unspecified atom stereocenters. The molecule has 8 heteroatoms. The van der Waals surface area contributed by atoms with Gasteiger partial charge in [-0.1, -0.05) is 41.9 Å². The summed E-state index contributed by atoms with van der Waals surface area (Å²) in [4.78, 5) is 24.3. The lowest BCUT2D eigenvalue weighted by molar-refractivity contribution is 0.130. The number of ether oxygens (including phenoxy) is 1. The Morgan fingerprint density at radius 1 is 1.12 bits per heavy atom. The van der Waals surface area contributed by atoms with Gasteiger partial charge in [-0.15, -0.1) is 0 Å². The SMILES string of the molecule is O=c1nc(NCCOCc2ccccc2)ncn1Cc1ncccc1Cl. The molecule has 0 aliphatic heterocycles. The number of hydrogen-bond donors (Lipinski definition) is 1. The second-order valence-electron chi connectivity index (χ2n) is 5.49. The minimum Gasteiger partial charge on any atom is -0.375 e. The number of pyridine rings is 1. The van der Waals surface area contributed by atoms with Crippen LogP contribution in [0.2, 0.25) is 5.02 Å². The summed E-state index contributed by atoms with van der Waals surface area (Å²) in [6, 6.07) is 13.4. The molecular formula is C18H18ClN5O2. The monoisotopic (exact) mass is 371 g/mol. The first kappa shape index (κ1) is 18.0. The number of benzene rings is 1. The van der Waals surface area contributed by atoms with Crippen molar-refractivity contribution in [1.82, 2.24) is 19.5 Å². The van der Waals surface area contributed by atoms with E-state index in [1.807, 2.05) is 30.3 Å². The zero-order valence-electron chi connectivity index (χ0n) is 14.0. The van der Waals surface area contributed by atoms with Gasteiger partial charge in [-0.3, -0.25) is 9.55 Å². The molecule has 0 radical (unpaired) electrons. The number of anilines is 1. The van der Waals surface area contributed by atoms with Gasteiger partial charge in [0, 0.05) is 12.7 Å². The fourth-order valence-electron chi connectivity index (χ4n) is 2.25. The molecule has 0 aliphatic carbocycles. The van der Waals surface area contributed by atoms with Crippen LogP contribution in [0, 0.1) is 0 Å². The maximum atomic E-state index is 12.1. The van der Waals surface area contributed by atoms with Crippen molar-refractivity contribution in [2.75, 3.05) is 18.5 Å². The Morgan fingerprint density at radius 2 is 1.96 bits per heavy atom. The summed E-state index contributed by atoms with van der Waals surface area (Å²) in [6.45, 7) is 1.74. The highest BCUT2D eigenvalue weighted by atomic mass is 35.5. The van der Waals surface area contributed by atoms with E-state index in [1.54, 1.807) is 18.3 Å². The summed E-state index contributed by atoms with van der Waals surface area (Å²) < 4.78 is 6.92. The Morgan fingerprint density at radius 3 is 2.73 bits per heavy atom. The molecule has 2 aromatic heterocycles. The summed E-state index contributed by atoms with van der Waals surface area (Å²) in [6.07, 6.45) is 3.05. The van der Waals surface area contributed by atoms with Crippen LogP contribution in [0.1, 0.15) is 11.3 Å². The van der Waals surface area contributed by atoms with Crippen LogP contribution in [0.3, 0.4) is 0 Å². The van der Waals surface area contributed by atoms with Gasteiger partial charge in [0.25, 0.3) is 0 Å². The highest BCUT2D eigenvalue weighted by Crippen LogP contribution is 2.12. The summed E-state index contributed by atoms with van der Waals surface area (Å²) in [5.41, 5.74) is 1.28. The van der Waals surface area contributed by atoms with Crippen molar-refractivity contribution in [2.24, 2.45) is 0 Å². The Hall–Kier alpha value is -2.77. The molecule has 3 aromatic rings. The van der Waals surface area contributed by atoms with Crippen LogP contribution >= 0.6 is 11.6 Å². The molecule has 134 valence electrons. The molecule has 0 amide bonds. The Balaban J connectivity index is 1.48. The number of rotatable bonds is 8. The standard InChI is InChI=1S/C18H18ClN5O2/c19-15-7-4-8-20-16(15)11-24-13-22-17(23-18(24)25)21-9-10-26-12-14-5-2-1-3-6-14/h1-8,13H,9-12H2,(H,21,23,25). The molecule has 0 bridgehead atoms. The van der Waals surface area contributed by atoms with Crippen molar-refractivity contribution in [3.63, 3.8) is 0 Å². The number of aromatic nitrogens is 4. The highest BCUT2D eigenvalue weighted by Gasteiger charge is 2.06. The molecule has 0 spiro atoms. The average molecular weight is 372 g/mol. The lowest BCUT2D eigenvalue weighted by atomic mass is 10.2. The Labute approximate surface area is 155 Å². The number of nitrogens with one attached hydrogen (secondary N) is 1. The van der Waals surface area contributed by atoms with E-state index in [-0.39, 0.29) is 12.5 Å². The van der Waals surface area contributed by atoms with Crippen molar-refractivity contribution in [2.45, 2.75) is 13.2 Å². The third-order valence-electron chi connectivity index (χ3n) is 3.56. The van der Waals surface area contributed by atoms with Crippen molar-refractivity contribution in [1.29, 1.82) is 0 Å². The van der Waals surface area contributed by atoms with E-state index in [1.165, 1.54) is 10.9 Å². The summed E-state index contributed by atoms with van der Waals surface area (Å²) >= 11 is 6.06. The van der Waals surface area contributed by atoms with Crippen LogP contribution < -0.4 is 11.0 Å². The zero-order chi connectivity index (χ0) is 18.2. The summed E-state index contributed by atoms with van der Waals surface area (Å²) in [5.74, 6) is 0.265. The zero-order valence-corrected chi connectivity index (χ0v) is 14.8. The van der Waals surface area contributed by atoms with E-state index in [9.17, 15) is 4.79 Å². The van der Waals surface area contributed by atoms with Gasteiger partial charge in [0.1, 0.15) is 6.33 Å². The van der Waals surface area contributed by atoms with Crippen LogP contribution in [0.4, 0.5) is 5.95 Å². The van der Waals surface area contributed by atoms with E-state index >= 15 is 0 Å². The molecule has 26 heavy (non-hydrogen) atoms. The smallest absolute Gasteiger partial charge is 0.352 e. The molecule has 7 nitrogen and oxygen atoms in total. The predicted molar refractivity (Wildman–Crippen MR) is 99.2 cm³/mol. The second-order valence-corrected chi connectivity index (χ2v) is 5.89. The van der Waals surface area contributed by atoms with Crippen LogP contribution in [0.5, 0.6) is 0 Å². The van der Waals surface area contributed by atoms with Gasteiger partial charge < -0.3 is 10.1 Å². The quantitative estimate of drug-likeness (QED) is 0.612. The van der Waals surface area contributed by atoms with E-state index in [2.05, 4.69) is 20.3 Å². The predicted octanol–water partition coefficient (Wildman–Crippen LogP) is 2.36. The average Bonchev–Trinajstić information content (AvgIpc) is 2.66. The van der Waals surface area contributed by atoms with E-state index in [4.69, 9.17) is 16.3 Å². The van der Waals surface area contributed by atoms with Gasteiger partial charge in [-0.2, -0.15) is 4.98 Å². The Bertz CT molecular complexity index is 901.